The zero-order valence-electron chi connectivity index (χ0n) is 10.9. The third-order valence-corrected chi connectivity index (χ3v) is 4.30. The third kappa shape index (κ3) is 2.70. The molecule has 0 heterocycles. The molecule has 1 aliphatic carbocycles. The lowest BCUT2D eigenvalue weighted by Gasteiger charge is -2.34. The monoisotopic (exact) mass is 232 g/mol. The third-order valence-electron chi connectivity index (χ3n) is 4.30. The average Bonchev–Trinajstić information content (AvgIpc) is 3.10. The van der Waals surface area contributed by atoms with E-state index in [0.717, 1.165) is 31.3 Å². The van der Waals surface area contributed by atoms with Crippen molar-refractivity contribution in [1.29, 1.82) is 0 Å². The minimum atomic E-state index is 0.148. The van der Waals surface area contributed by atoms with Crippen LogP contribution in [0.15, 0.2) is 30.3 Å². The Kier molecular flexibility index (Phi) is 3.85. The molecule has 1 aromatic carbocycles. The summed E-state index contributed by atoms with van der Waals surface area (Å²) in [4.78, 5) is 0. The number of rotatable bonds is 6. The summed E-state index contributed by atoms with van der Waals surface area (Å²) >= 11 is 0. The molecule has 3 N–H and O–H groups in total. The Morgan fingerprint density at radius 2 is 2.00 bits per heavy atom. The topological polar surface area (TPSA) is 38.0 Å². The van der Waals surface area contributed by atoms with E-state index in [1.54, 1.807) is 0 Å². The summed E-state index contributed by atoms with van der Waals surface area (Å²) in [6.45, 7) is 6.24. The molecular weight excluding hydrogens is 208 g/mol. The van der Waals surface area contributed by atoms with E-state index in [0.29, 0.717) is 0 Å². The highest BCUT2D eigenvalue weighted by Crippen LogP contribution is 2.47. The molecule has 17 heavy (non-hydrogen) atoms. The van der Waals surface area contributed by atoms with Gasteiger partial charge in [-0.05, 0) is 30.2 Å². The van der Waals surface area contributed by atoms with Gasteiger partial charge in [0.05, 0.1) is 0 Å². The molecule has 1 saturated carbocycles. The van der Waals surface area contributed by atoms with Crippen molar-refractivity contribution in [2.45, 2.75) is 38.8 Å². The Morgan fingerprint density at radius 3 is 2.47 bits per heavy atom. The van der Waals surface area contributed by atoms with Crippen LogP contribution in [0.25, 0.3) is 0 Å². The summed E-state index contributed by atoms with van der Waals surface area (Å²) in [6, 6.07) is 10.6. The summed E-state index contributed by atoms with van der Waals surface area (Å²) in [5.74, 6) is 1.60. The predicted molar refractivity (Wildman–Crippen MR) is 72.6 cm³/mol. The van der Waals surface area contributed by atoms with E-state index in [1.807, 2.05) is 0 Å². The Balaban J connectivity index is 1.99. The molecule has 94 valence electrons. The van der Waals surface area contributed by atoms with E-state index in [2.05, 4.69) is 49.5 Å². The average molecular weight is 232 g/mol. The van der Waals surface area contributed by atoms with Gasteiger partial charge in [-0.15, -0.1) is 0 Å². The fraction of sp³-hybridized carbons (Fsp3) is 0.600. The van der Waals surface area contributed by atoms with Crippen LogP contribution in [0.2, 0.25) is 0 Å². The standard InChI is InChI=1S/C15H24N2/c1-3-15(11-16,14-9-12(14)2)17-10-13-7-5-4-6-8-13/h4-8,12,14,17H,3,9-11,16H2,1-2H3. The SMILES string of the molecule is CCC(CN)(NCc1ccccc1)C1CC1C. The van der Waals surface area contributed by atoms with Gasteiger partial charge in [0.1, 0.15) is 0 Å². The smallest absolute Gasteiger partial charge is 0.0335 e. The van der Waals surface area contributed by atoms with E-state index < -0.39 is 0 Å². The molecule has 0 aliphatic heterocycles. The fourth-order valence-electron chi connectivity index (χ4n) is 2.85. The van der Waals surface area contributed by atoms with Gasteiger partial charge in [0.2, 0.25) is 0 Å². The van der Waals surface area contributed by atoms with E-state index >= 15 is 0 Å². The van der Waals surface area contributed by atoms with Gasteiger partial charge in [-0.1, -0.05) is 44.2 Å². The van der Waals surface area contributed by atoms with E-state index in [1.165, 1.54) is 12.0 Å². The molecule has 0 aromatic heterocycles. The first-order valence-corrected chi connectivity index (χ1v) is 6.71. The van der Waals surface area contributed by atoms with Gasteiger partial charge in [0.15, 0.2) is 0 Å². The summed E-state index contributed by atoms with van der Waals surface area (Å²) < 4.78 is 0. The van der Waals surface area contributed by atoms with Crippen LogP contribution in [0.4, 0.5) is 0 Å². The Morgan fingerprint density at radius 1 is 1.35 bits per heavy atom. The first-order valence-electron chi connectivity index (χ1n) is 6.71. The fourth-order valence-corrected chi connectivity index (χ4v) is 2.85. The van der Waals surface area contributed by atoms with Gasteiger partial charge in [-0.25, -0.2) is 0 Å². The Bertz CT molecular complexity index is 343. The van der Waals surface area contributed by atoms with Gasteiger partial charge in [0, 0.05) is 18.6 Å². The van der Waals surface area contributed by atoms with Crippen LogP contribution in [-0.2, 0) is 6.54 Å². The maximum Gasteiger partial charge on any atom is 0.0335 e. The predicted octanol–water partition coefficient (Wildman–Crippen LogP) is 2.54. The minimum absolute atomic E-state index is 0.148. The molecule has 0 saturated heterocycles. The van der Waals surface area contributed by atoms with Gasteiger partial charge in [-0.2, -0.15) is 0 Å². The Hall–Kier alpha value is -0.860. The second-order valence-corrected chi connectivity index (χ2v) is 5.37. The molecule has 0 amide bonds. The van der Waals surface area contributed by atoms with Gasteiger partial charge >= 0.3 is 0 Å². The largest absolute Gasteiger partial charge is 0.329 e. The van der Waals surface area contributed by atoms with Crippen molar-refractivity contribution in [3.05, 3.63) is 35.9 Å². The summed E-state index contributed by atoms with van der Waals surface area (Å²) in [6.07, 6.45) is 2.44. The minimum Gasteiger partial charge on any atom is -0.329 e. The highest BCUT2D eigenvalue weighted by molar-refractivity contribution is 5.15. The highest BCUT2D eigenvalue weighted by atomic mass is 15.0. The number of hydrogen-bond acceptors (Lipinski definition) is 2. The summed E-state index contributed by atoms with van der Waals surface area (Å²) in [5, 5.41) is 3.72. The summed E-state index contributed by atoms with van der Waals surface area (Å²) in [5.41, 5.74) is 7.51. The van der Waals surface area contributed by atoms with Crippen LogP contribution in [0.3, 0.4) is 0 Å². The van der Waals surface area contributed by atoms with Crippen molar-refractivity contribution in [1.82, 2.24) is 5.32 Å². The lowest BCUT2D eigenvalue weighted by atomic mass is 9.88. The van der Waals surface area contributed by atoms with Crippen molar-refractivity contribution in [3.8, 4) is 0 Å². The van der Waals surface area contributed by atoms with Crippen LogP contribution >= 0.6 is 0 Å². The number of nitrogens with one attached hydrogen (secondary N) is 1. The maximum absolute atomic E-state index is 6.02. The summed E-state index contributed by atoms with van der Waals surface area (Å²) in [7, 11) is 0. The van der Waals surface area contributed by atoms with Crippen molar-refractivity contribution in [2.75, 3.05) is 6.54 Å². The molecular formula is C15H24N2. The normalized spacial score (nSPS) is 26.5. The molecule has 0 spiro atoms. The van der Waals surface area contributed by atoms with E-state index in [9.17, 15) is 0 Å². The molecule has 2 heteroatoms. The van der Waals surface area contributed by atoms with Crippen LogP contribution in [0, 0.1) is 11.8 Å². The first-order chi connectivity index (χ1) is 8.22. The lowest BCUT2D eigenvalue weighted by Crippen LogP contribution is -2.52. The molecule has 2 rings (SSSR count). The van der Waals surface area contributed by atoms with E-state index in [-0.39, 0.29) is 5.54 Å². The maximum atomic E-state index is 6.02. The van der Waals surface area contributed by atoms with Gasteiger partial charge in [0.25, 0.3) is 0 Å². The van der Waals surface area contributed by atoms with Crippen molar-refractivity contribution >= 4 is 0 Å². The second-order valence-electron chi connectivity index (χ2n) is 5.37. The molecule has 0 bridgehead atoms. The Labute approximate surface area is 105 Å². The lowest BCUT2D eigenvalue weighted by molar-refractivity contribution is 0.266. The van der Waals surface area contributed by atoms with E-state index in [4.69, 9.17) is 5.73 Å². The highest BCUT2D eigenvalue weighted by Gasteiger charge is 2.48. The van der Waals surface area contributed by atoms with Crippen molar-refractivity contribution in [2.24, 2.45) is 17.6 Å². The number of benzene rings is 1. The quantitative estimate of drug-likeness (QED) is 0.791. The van der Waals surface area contributed by atoms with Crippen LogP contribution < -0.4 is 11.1 Å². The zero-order valence-corrected chi connectivity index (χ0v) is 10.9. The molecule has 3 atom stereocenters. The first kappa shape index (κ1) is 12.6. The number of nitrogens with two attached hydrogens (primary N) is 1. The van der Waals surface area contributed by atoms with Gasteiger partial charge < -0.3 is 11.1 Å². The molecule has 1 fully saturated rings. The van der Waals surface area contributed by atoms with Crippen molar-refractivity contribution in [3.63, 3.8) is 0 Å². The van der Waals surface area contributed by atoms with Gasteiger partial charge in [-0.3, -0.25) is 0 Å². The molecule has 1 aliphatic rings. The molecule has 0 radical (unpaired) electrons. The molecule has 2 nitrogen and oxygen atoms in total. The van der Waals surface area contributed by atoms with Crippen LogP contribution in [-0.4, -0.2) is 12.1 Å². The molecule has 3 unspecified atom stereocenters. The number of hydrogen-bond donors (Lipinski definition) is 2. The second kappa shape index (κ2) is 5.19. The van der Waals surface area contributed by atoms with Crippen LogP contribution in [0.5, 0.6) is 0 Å². The molecule has 1 aromatic rings. The zero-order chi connectivity index (χ0) is 12.3. The van der Waals surface area contributed by atoms with Crippen LogP contribution in [0.1, 0.15) is 32.3 Å². The van der Waals surface area contributed by atoms with Crippen molar-refractivity contribution < 1.29 is 0 Å².